The van der Waals surface area contributed by atoms with Crippen molar-refractivity contribution in [2.75, 3.05) is 6.61 Å². The second-order valence-corrected chi connectivity index (χ2v) is 7.08. The summed E-state index contributed by atoms with van der Waals surface area (Å²) in [5, 5.41) is 9.58. The molecule has 0 unspecified atom stereocenters. The van der Waals surface area contributed by atoms with Gasteiger partial charge in [-0.2, -0.15) is 13.9 Å². The number of nitrogens with zero attached hydrogens (tertiary/aromatic N) is 5. The molecule has 5 rings (SSSR count). The monoisotopic (exact) mass is 414 g/mol. The van der Waals surface area contributed by atoms with Gasteiger partial charge in [0.1, 0.15) is 5.65 Å². The van der Waals surface area contributed by atoms with E-state index in [1.807, 2.05) is 17.7 Å². The molecule has 0 radical (unpaired) electrons. The van der Waals surface area contributed by atoms with Crippen molar-refractivity contribution in [1.82, 2.24) is 29.5 Å². The van der Waals surface area contributed by atoms with E-state index in [4.69, 9.17) is 14.6 Å². The lowest BCUT2D eigenvalue weighted by atomic mass is 10.00. The van der Waals surface area contributed by atoms with Crippen LogP contribution in [0.3, 0.4) is 0 Å². The number of H-pyrrole nitrogens is 1. The first kappa shape index (κ1) is 18.6. The number of ether oxygens (including phenoxy) is 2. The number of halogens is 2. The third-order valence-corrected chi connectivity index (χ3v) is 5.15. The molecule has 1 aliphatic rings. The molecule has 1 N–H and O–H groups in total. The van der Waals surface area contributed by atoms with Crippen molar-refractivity contribution < 1.29 is 18.3 Å². The van der Waals surface area contributed by atoms with Gasteiger partial charge in [-0.1, -0.05) is 6.92 Å². The van der Waals surface area contributed by atoms with Crippen LogP contribution in [0.1, 0.15) is 19.0 Å². The van der Waals surface area contributed by atoms with Crippen LogP contribution in [0.2, 0.25) is 0 Å². The molecule has 30 heavy (non-hydrogen) atoms. The highest BCUT2D eigenvalue weighted by Gasteiger charge is 2.29. The zero-order chi connectivity index (χ0) is 20.8. The van der Waals surface area contributed by atoms with Crippen molar-refractivity contribution >= 4 is 11.0 Å². The molecule has 4 aromatic heterocycles. The average molecular weight is 414 g/mol. The van der Waals surface area contributed by atoms with E-state index in [9.17, 15) is 8.78 Å². The lowest BCUT2D eigenvalue weighted by molar-refractivity contribution is -0.0527. The zero-order valence-electron chi connectivity index (χ0n) is 16.5. The van der Waals surface area contributed by atoms with Crippen molar-refractivity contribution in [2.45, 2.75) is 32.9 Å². The molecule has 0 fully saturated rings. The maximum atomic E-state index is 13.1. The lowest BCUT2D eigenvalue weighted by Crippen LogP contribution is -2.15. The molecular weight excluding hydrogens is 394 g/mol. The Balaban J connectivity index is 1.82. The van der Waals surface area contributed by atoms with Gasteiger partial charge in [0.15, 0.2) is 0 Å². The summed E-state index contributed by atoms with van der Waals surface area (Å²) in [4.78, 5) is 7.78. The molecule has 0 saturated carbocycles. The van der Waals surface area contributed by atoms with Crippen LogP contribution in [0, 0.1) is 0 Å². The number of hydrogen-bond acceptors (Lipinski definition) is 5. The van der Waals surface area contributed by atoms with E-state index in [-0.39, 0.29) is 5.88 Å². The molecule has 8 nitrogen and oxygen atoms in total. The number of aryl methyl sites for hydroxylation is 3. The fourth-order valence-corrected chi connectivity index (χ4v) is 3.97. The van der Waals surface area contributed by atoms with E-state index in [0.717, 1.165) is 29.6 Å². The van der Waals surface area contributed by atoms with Crippen molar-refractivity contribution in [3.05, 3.63) is 30.2 Å². The van der Waals surface area contributed by atoms with E-state index >= 15 is 0 Å². The maximum Gasteiger partial charge on any atom is 0.388 e. The topological polar surface area (TPSA) is 82.8 Å². The molecule has 1 aliphatic heterocycles. The Labute approximate surface area is 170 Å². The number of nitrogens with one attached hydrogen (secondary N) is 1. The van der Waals surface area contributed by atoms with Crippen molar-refractivity contribution in [1.29, 1.82) is 0 Å². The van der Waals surface area contributed by atoms with Crippen LogP contribution >= 0.6 is 0 Å². The molecular formula is C20H20F2N6O2. The van der Waals surface area contributed by atoms with Gasteiger partial charge < -0.3 is 14.5 Å². The quantitative estimate of drug-likeness (QED) is 0.538. The van der Waals surface area contributed by atoms with Crippen molar-refractivity contribution in [3.8, 4) is 34.1 Å². The fraction of sp³-hybridized carbons (Fsp3) is 0.350. The standard InChI is InChI=1S/C20H20F2N6O2/c1-3-13-15(19-28(25-13)8-5-9-29-19)16-14(11-6-4-7-23-17(11)24-16)12-10-27(2)26-18(12)30-20(21)22/h4,6-7,10,20H,3,5,8-9H2,1-2H3,(H,23,24). The highest BCUT2D eigenvalue weighted by atomic mass is 19.3. The summed E-state index contributed by atoms with van der Waals surface area (Å²) in [6.07, 6.45) is 4.91. The number of rotatable bonds is 5. The van der Waals surface area contributed by atoms with Gasteiger partial charge in [0.05, 0.1) is 29.1 Å². The molecule has 0 amide bonds. The number of alkyl halides is 2. The maximum absolute atomic E-state index is 13.1. The second-order valence-electron chi connectivity index (χ2n) is 7.08. The van der Waals surface area contributed by atoms with Crippen LogP contribution < -0.4 is 9.47 Å². The molecule has 0 saturated heterocycles. The summed E-state index contributed by atoms with van der Waals surface area (Å²) in [6, 6.07) is 3.69. The Bertz CT molecular complexity index is 1230. The number of fused-ring (bicyclic) bond motifs is 2. The van der Waals surface area contributed by atoms with Crippen LogP contribution in [0.5, 0.6) is 11.8 Å². The highest BCUT2D eigenvalue weighted by Crippen LogP contribution is 2.46. The van der Waals surface area contributed by atoms with E-state index in [1.165, 1.54) is 4.68 Å². The number of aromatic amines is 1. The van der Waals surface area contributed by atoms with Crippen LogP contribution in [-0.4, -0.2) is 42.7 Å². The normalized spacial score (nSPS) is 13.6. The number of pyridine rings is 1. The molecule has 0 bridgehead atoms. The lowest BCUT2D eigenvalue weighted by Gasteiger charge is -2.16. The van der Waals surface area contributed by atoms with Crippen molar-refractivity contribution in [2.24, 2.45) is 7.05 Å². The molecule has 0 aliphatic carbocycles. The Morgan fingerprint density at radius 1 is 1.30 bits per heavy atom. The molecule has 5 heterocycles. The van der Waals surface area contributed by atoms with Crippen LogP contribution in [-0.2, 0) is 20.0 Å². The van der Waals surface area contributed by atoms with Crippen LogP contribution in [0.25, 0.3) is 33.4 Å². The molecule has 0 atom stereocenters. The minimum atomic E-state index is -2.98. The van der Waals surface area contributed by atoms with Gasteiger partial charge >= 0.3 is 6.61 Å². The molecule has 10 heteroatoms. The largest absolute Gasteiger partial charge is 0.477 e. The third-order valence-electron chi connectivity index (χ3n) is 5.15. The fourth-order valence-electron chi connectivity index (χ4n) is 3.97. The SMILES string of the molecule is CCc1nn2c(c1-c1[nH]c3ncccc3c1-c1cn(C)nc1OC(F)F)OCCC2. The second kappa shape index (κ2) is 7.12. The minimum Gasteiger partial charge on any atom is -0.477 e. The Kier molecular flexibility index (Phi) is 4.41. The first-order chi connectivity index (χ1) is 14.6. The zero-order valence-corrected chi connectivity index (χ0v) is 16.5. The van der Waals surface area contributed by atoms with Gasteiger partial charge in [-0.05, 0) is 18.6 Å². The van der Waals surface area contributed by atoms with E-state index in [2.05, 4.69) is 15.1 Å². The summed E-state index contributed by atoms with van der Waals surface area (Å²) in [7, 11) is 1.66. The summed E-state index contributed by atoms with van der Waals surface area (Å²) in [5.41, 5.74) is 4.14. The molecule has 0 aromatic carbocycles. The highest BCUT2D eigenvalue weighted by molar-refractivity contribution is 6.04. The van der Waals surface area contributed by atoms with Gasteiger partial charge in [-0.25, -0.2) is 9.67 Å². The van der Waals surface area contributed by atoms with Crippen LogP contribution in [0.4, 0.5) is 8.78 Å². The van der Waals surface area contributed by atoms with Crippen LogP contribution in [0.15, 0.2) is 24.5 Å². The summed E-state index contributed by atoms with van der Waals surface area (Å²) in [6.45, 7) is 0.405. The van der Waals surface area contributed by atoms with Gasteiger partial charge in [0.25, 0.3) is 0 Å². The van der Waals surface area contributed by atoms with Gasteiger partial charge in [-0.3, -0.25) is 4.68 Å². The Hall–Kier alpha value is -3.43. The first-order valence-corrected chi connectivity index (χ1v) is 9.75. The Morgan fingerprint density at radius 3 is 2.97 bits per heavy atom. The van der Waals surface area contributed by atoms with Gasteiger partial charge in [0.2, 0.25) is 11.8 Å². The van der Waals surface area contributed by atoms with E-state index in [0.29, 0.717) is 41.4 Å². The summed E-state index contributed by atoms with van der Waals surface area (Å²) >= 11 is 0. The van der Waals surface area contributed by atoms with Gasteiger partial charge in [-0.15, -0.1) is 5.10 Å². The van der Waals surface area contributed by atoms with Gasteiger partial charge in [0, 0.05) is 43.4 Å². The Morgan fingerprint density at radius 2 is 2.17 bits per heavy atom. The minimum absolute atomic E-state index is 0.140. The molecule has 0 spiro atoms. The first-order valence-electron chi connectivity index (χ1n) is 9.75. The van der Waals surface area contributed by atoms with Crippen molar-refractivity contribution in [3.63, 3.8) is 0 Å². The number of hydrogen-bond donors (Lipinski definition) is 1. The number of aromatic nitrogens is 6. The average Bonchev–Trinajstić information content (AvgIpc) is 3.39. The predicted molar refractivity (Wildman–Crippen MR) is 106 cm³/mol. The van der Waals surface area contributed by atoms with E-state index in [1.54, 1.807) is 25.5 Å². The van der Waals surface area contributed by atoms with E-state index < -0.39 is 6.61 Å². The molecule has 156 valence electrons. The third kappa shape index (κ3) is 2.90. The smallest absolute Gasteiger partial charge is 0.388 e. The summed E-state index contributed by atoms with van der Waals surface area (Å²) in [5.74, 6) is 0.532. The summed E-state index contributed by atoms with van der Waals surface area (Å²) < 4.78 is 40.1. The predicted octanol–water partition coefficient (Wildman–Crippen LogP) is 3.77. The molecule has 4 aromatic rings.